The number of amides is 1. The maximum Gasteiger partial charge on any atom is 0.255 e. The number of benzene rings is 2. The molecular weight excluding hydrogens is 357 g/mol. The number of aromatic nitrogens is 1. The summed E-state index contributed by atoms with van der Waals surface area (Å²) in [6.45, 7) is 0. The van der Waals surface area contributed by atoms with Gasteiger partial charge in [0.25, 0.3) is 5.91 Å². The first kappa shape index (κ1) is 17.7. The molecule has 1 amide bonds. The smallest absolute Gasteiger partial charge is 0.255 e. The summed E-state index contributed by atoms with van der Waals surface area (Å²) in [5.41, 5.74) is 1.55. The molecule has 7 heteroatoms. The molecule has 0 unspecified atom stereocenters. The van der Waals surface area contributed by atoms with Gasteiger partial charge in [-0.05, 0) is 54.6 Å². The van der Waals surface area contributed by atoms with Crippen molar-refractivity contribution < 1.29 is 13.9 Å². The number of ether oxygens (including phenoxy) is 1. The lowest BCUT2D eigenvalue weighted by Gasteiger charge is -2.11. The van der Waals surface area contributed by atoms with Crippen molar-refractivity contribution in [3.63, 3.8) is 0 Å². The van der Waals surface area contributed by atoms with E-state index in [0.29, 0.717) is 33.5 Å². The molecule has 1 heterocycles. The Bertz CT molecular complexity index is 915. The van der Waals surface area contributed by atoms with Crippen molar-refractivity contribution in [3.8, 4) is 5.75 Å². The Morgan fingerprint density at radius 1 is 1.12 bits per heavy atom. The summed E-state index contributed by atoms with van der Waals surface area (Å²) >= 11 is 6.00. The van der Waals surface area contributed by atoms with Crippen LogP contribution in [0.2, 0.25) is 5.02 Å². The molecule has 0 atom stereocenters. The van der Waals surface area contributed by atoms with Crippen LogP contribution in [0.5, 0.6) is 5.75 Å². The quantitative estimate of drug-likeness (QED) is 0.671. The number of nitrogens with zero attached hydrogens (tertiary/aromatic N) is 1. The Kier molecular flexibility index (Phi) is 5.34. The minimum Gasteiger partial charge on any atom is -0.495 e. The summed E-state index contributed by atoms with van der Waals surface area (Å²) in [6.07, 6.45) is 1.51. The average Bonchev–Trinajstić information content (AvgIpc) is 2.64. The third kappa shape index (κ3) is 4.29. The van der Waals surface area contributed by atoms with Crippen LogP contribution in [-0.2, 0) is 0 Å². The zero-order valence-electron chi connectivity index (χ0n) is 13.8. The predicted molar refractivity (Wildman–Crippen MR) is 99.9 cm³/mol. The van der Waals surface area contributed by atoms with Gasteiger partial charge in [-0.2, -0.15) is 0 Å². The number of methoxy groups -OCH3 is 1. The summed E-state index contributed by atoms with van der Waals surface area (Å²) in [5, 5.41) is 6.38. The summed E-state index contributed by atoms with van der Waals surface area (Å²) in [5.74, 6) is 0.453. The van der Waals surface area contributed by atoms with E-state index in [1.165, 1.54) is 30.5 Å². The van der Waals surface area contributed by atoms with Crippen LogP contribution in [0.4, 0.5) is 21.6 Å². The van der Waals surface area contributed by atoms with Crippen LogP contribution in [-0.4, -0.2) is 18.0 Å². The number of carbonyl (C=O) groups excluding carboxylic acids is 1. The normalized spacial score (nSPS) is 10.3. The van der Waals surface area contributed by atoms with Crippen LogP contribution in [0, 0.1) is 5.82 Å². The number of carbonyl (C=O) groups is 1. The van der Waals surface area contributed by atoms with Gasteiger partial charge in [-0.1, -0.05) is 11.6 Å². The maximum absolute atomic E-state index is 12.9. The van der Waals surface area contributed by atoms with Crippen molar-refractivity contribution in [2.24, 2.45) is 0 Å². The molecule has 0 aliphatic carbocycles. The summed E-state index contributed by atoms with van der Waals surface area (Å²) < 4.78 is 18.2. The fraction of sp³-hybridized carbons (Fsp3) is 0.0526. The Labute approximate surface area is 154 Å². The van der Waals surface area contributed by atoms with Gasteiger partial charge in [0.15, 0.2) is 0 Å². The predicted octanol–water partition coefficient (Wildman–Crippen LogP) is 4.88. The first-order chi connectivity index (χ1) is 12.5. The van der Waals surface area contributed by atoms with E-state index in [1.54, 1.807) is 37.4 Å². The fourth-order valence-corrected chi connectivity index (χ4v) is 2.43. The highest BCUT2D eigenvalue weighted by Crippen LogP contribution is 2.30. The molecule has 1 aromatic heterocycles. The molecule has 0 fully saturated rings. The van der Waals surface area contributed by atoms with E-state index in [1.807, 2.05) is 0 Å². The van der Waals surface area contributed by atoms with Gasteiger partial charge in [0, 0.05) is 10.6 Å². The van der Waals surface area contributed by atoms with Crippen molar-refractivity contribution >= 4 is 34.7 Å². The van der Waals surface area contributed by atoms with Crippen LogP contribution in [0.15, 0.2) is 60.8 Å². The zero-order valence-corrected chi connectivity index (χ0v) is 14.5. The van der Waals surface area contributed by atoms with Gasteiger partial charge >= 0.3 is 0 Å². The minimum atomic E-state index is -0.393. The van der Waals surface area contributed by atoms with Crippen LogP contribution in [0.1, 0.15) is 10.4 Å². The van der Waals surface area contributed by atoms with E-state index < -0.39 is 5.82 Å². The molecule has 0 aliphatic rings. The number of hydrogen-bond acceptors (Lipinski definition) is 4. The number of hydrogen-bond donors (Lipinski definition) is 2. The molecule has 0 aliphatic heterocycles. The Morgan fingerprint density at radius 2 is 1.88 bits per heavy atom. The van der Waals surface area contributed by atoms with Crippen molar-refractivity contribution in [3.05, 3.63) is 77.2 Å². The van der Waals surface area contributed by atoms with Gasteiger partial charge < -0.3 is 15.4 Å². The van der Waals surface area contributed by atoms with Crippen molar-refractivity contribution in [2.45, 2.75) is 0 Å². The second-order valence-electron chi connectivity index (χ2n) is 5.36. The van der Waals surface area contributed by atoms with Crippen molar-refractivity contribution in [2.75, 3.05) is 17.7 Å². The highest BCUT2D eigenvalue weighted by molar-refractivity contribution is 6.31. The van der Waals surface area contributed by atoms with Gasteiger partial charge in [0.05, 0.1) is 24.7 Å². The molecule has 2 aromatic carbocycles. The lowest BCUT2D eigenvalue weighted by molar-refractivity contribution is 0.102. The Hall–Kier alpha value is -3.12. The van der Waals surface area contributed by atoms with E-state index in [9.17, 15) is 9.18 Å². The molecule has 0 saturated carbocycles. The van der Waals surface area contributed by atoms with Gasteiger partial charge in [0.2, 0.25) is 0 Å². The molecule has 2 N–H and O–H groups in total. The van der Waals surface area contributed by atoms with Gasteiger partial charge in [-0.15, -0.1) is 0 Å². The molecule has 3 aromatic rings. The average molecular weight is 372 g/mol. The molecular formula is C19H15ClFN3O2. The topological polar surface area (TPSA) is 63.2 Å². The van der Waals surface area contributed by atoms with E-state index in [2.05, 4.69) is 15.6 Å². The monoisotopic (exact) mass is 371 g/mol. The van der Waals surface area contributed by atoms with Gasteiger partial charge in [-0.25, -0.2) is 9.37 Å². The Balaban J connectivity index is 1.70. The number of anilines is 3. The number of rotatable bonds is 5. The lowest BCUT2D eigenvalue weighted by Crippen LogP contribution is -2.12. The van der Waals surface area contributed by atoms with Crippen LogP contribution in [0.25, 0.3) is 0 Å². The molecule has 5 nitrogen and oxygen atoms in total. The molecule has 0 bridgehead atoms. The second-order valence-corrected chi connectivity index (χ2v) is 5.80. The highest BCUT2D eigenvalue weighted by Gasteiger charge is 2.08. The summed E-state index contributed by atoms with van der Waals surface area (Å²) in [6, 6.07) is 13.9. The van der Waals surface area contributed by atoms with E-state index in [-0.39, 0.29) is 5.91 Å². The molecule has 0 saturated heterocycles. The zero-order chi connectivity index (χ0) is 18.5. The standard InChI is InChI=1S/C19H15ClFN3O2/c1-26-17-8-4-13(20)10-16(17)24-18-9-7-15(11-22-18)23-19(25)12-2-5-14(21)6-3-12/h2-11H,1H3,(H,22,24)(H,23,25). The first-order valence-electron chi connectivity index (χ1n) is 7.69. The van der Waals surface area contributed by atoms with Crippen molar-refractivity contribution in [1.29, 1.82) is 0 Å². The van der Waals surface area contributed by atoms with E-state index in [4.69, 9.17) is 16.3 Å². The largest absolute Gasteiger partial charge is 0.495 e. The highest BCUT2D eigenvalue weighted by atomic mass is 35.5. The maximum atomic E-state index is 12.9. The van der Waals surface area contributed by atoms with E-state index in [0.717, 1.165) is 0 Å². The molecule has 26 heavy (non-hydrogen) atoms. The second kappa shape index (κ2) is 7.84. The molecule has 0 spiro atoms. The number of pyridine rings is 1. The van der Waals surface area contributed by atoms with Gasteiger partial charge in [0.1, 0.15) is 17.4 Å². The lowest BCUT2D eigenvalue weighted by atomic mass is 10.2. The van der Waals surface area contributed by atoms with Crippen LogP contribution in [0.3, 0.4) is 0 Å². The van der Waals surface area contributed by atoms with Crippen molar-refractivity contribution in [1.82, 2.24) is 4.98 Å². The summed E-state index contributed by atoms with van der Waals surface area (Å²) in [7, 11) is 1.57. The minimum absolute atomic E-state index is 0.344. The van der Waals surface area contributed by atoms with E-state index >= 15 is 0 Å². The SMILES string of the molecule is COc1ccc(Cl)cc1Nc1ccc(NC(=O)c2ccc(F)cc2)cn1. The third-order valence-electron chi connectivity index (χ3n) is 3.55. The number of nitrogens with one attached hydrogen (secondary N) is 2. The molecule has 3 rings (SSSR count). The molecule has 0 radical (unpaired) electrons. The third-order valence-corrected chi connectivity index (χ3v) is 3.79. The summed E-state index contributed by atoms with van der Waals surface area (Å²) in [4.78, 5) is 16.4. The first-order valence-corrected chi connectivity index (χ1v) is 8.06. The fourth-order valence-electron chi connectivity index (χ4n) is 2.26. The molecule has 132 valence electrons. The number of halogens is 2. The Morgan fingerprint density at radius 3 is 2.54 bits per heavy atom. The van der Waals surface area contributed by atoms with Crippen LogP contribution < -0.4 is 15.4 Å². The van der Waals surface area contributed by atoms with Gasteiger partial charge in [-0.3, -0.25) is 4.79 Å². The van der Waals surface area contributed by atoms with Crippen LogP contribution >= 0.6 is 11.6 Å².